The molecule has 6 nitrogen and oxygen atoms in total. The van der Waals surface area contributed by atoms with E-state index < -0.39 is 6.10 Å². The Morgan fingerprint density at radius 2 is 0.522 bits per heavy atom. The van der Waals surface area contributed by atoms with Crippen LogP contribution in [0.2, 0.25) is 0 Å². The van der Waals surface area contributed by atoms with E-state index in [1.165, 1.54) is 212 Å². The standard InChI is InChI=1S/C63H116O6/c1-4-7-10-13-16-19-22-24-26-28-30-31-32-33-34-36-37-39-41-44-47-50-53-56-62(65)68-59-60(58-67-61(64)55-52-49-46-43-21-18-15-12-9-6-3)69-63(66)57-54-51-48-45-42-40-38-35-29-27-25-23-20-17-14-11-8-5-2/h22,24,28,30,32-33,60H,4-21,23,25-27,29,31,34-59H2,1-3H3/b24-22-,30-28-,33-32-. The minimum atomic E-state index is -0.770. The Balaban J connectivity index is 4.25. The minimum absolute atomic E-state index is 0.0696. The van der Waals surface area contributed by atoms with E-state index in [9.17, 15) is 14.4 Å². The molecule has 0 spiro atoms. The van der Waals surface area contributed by atoms with Crippen LogP contribution >= 0.6 is 0 Å². The number of rotatable bonds is 56. The fraction of sp³-hybridized carbons (Fsp3) is 0.857. The Morgan fingerprint density at radius 1 is 0.290 bits per heavy atom. The molecule has 0 rings (SSSR count). The maximum Gasteiger partial charge on any atom is 0.306 e. The lowest BCUT2D eigenvalue weighted by atomic mass is 10.0. The molecule has 1 unspecified atom stereocenters. The van der Waals surface area contributed by atoms with Gasteiger partial charge in [0.2, 0.25) is 0 Å². The van der Waals surface area contributed by atoms with Crippen molar-refractivity contribution in [2.24, 2.45) is 0 Å². The zero-order valence-corrected chi connectivity index (χ0v) is 46.3. The molecule has 69 heavy (non-hydrogen) atoms. The van der Waals surface area contributed by atoms with Crippen LogP contribution < -0.4 is 0 Å². The molecule has 0 aromatic heterocycles. The highest BCUT2D eigenvalue weighted by Gasteiger charge is 2.19. The Morgan fingerprint density at radius 3 is 0.812 bits per heavy atom. The molecule has 0 aliphatic rings. The molecule has 0 amide bonds. The number of ether oxygens (including phenoxy) is 3. The predicted octanol–water partition coefficient (Wildman–Crippen LogP) is 20.4. The number of hydrogen-bond acceptors (Lipinski definition) is 6. The first kappa shape index (κ1) is 66.6. The van der Waals surface area contributed by atoms with E-state index in [2.05, 4.69) is 57.2 Å². The van der Waals surface area contributed by atoms with Gasteiger partial charge in [-0.15, -0.1) is 0 Å². The molecule has 0 bridgehead atoms. The normalized spacial score (nSPS) is 12.2. The van der Waals surface area contributed by atoms with E-state index in [0.29, 0.717) is 19.3 Å². The van der Waals surface area contributed by atoms with Gasteiger partial charge in [0.15, 0.2) is 6.10 Å². The Kier molecular flexibility index (Phi) is 56.2. The van der Waals surface area contributed by atoms with Crippen molar-refractivity contribution in [3.8, 4) is 0 Å². The first-order valence-corrected chi connectivity index (χ1v) is 30.5. The Bertz CT molecular complexity index is 1160. The number of hydrogen-bond donors (Lipinski definition) is 0. The van der Waals surface area contributed by atoms with Gasteiger partial charge in [-0.25, -0.2) is 0 Å². The highest BCUT2D eigenvalue weighted by atomic mass is 16.6. The van der Waals surface area contributed by atoms with Gasteiger partial charge in [-0.2, -0.15) is 0 Å². The van der Waals surface area contributed by atoms with E-state index in [1.54, 1.807) is 0 Å². The van der Waals surface area contributed by atoms with Crippen LogP contribution in [0, 0.1) is 0 Å². The second kappa shape index (κ2) is 58.2. The number of unbranched alkanes of at least 4 members (excludes halogenated alkanes) is 39. The SMILES string of the molecule is CCCCCCC/C=C\C/C=C\C/C=C\CCCCCCCCCCC(=O)OCC(COC(=O)CCCCCCCCCCCC)OC(=O)CCCCCCCCCCCCCCCCCCCC. The lowest BCUT2D eigenvalue weighted by Gasteiger charge is -2.18. The average Bonchev–Trinajstić information content (AvgIpc) is 3.35. The summed E-state index contributed by atoms with van der Waals surface area (Å²) in [4.78, 5) is 38.1. The summed E-state index contributed by atoms with van der Waals surface area (Å²) >= 11 is 0. The zero-order valence-electron chi connectivity index (χ0n) is 46.3. The summed E-state index contributed by atoms with van der Waals surface area (Å²) in [6, 6.07) is 0. The Labute approximate surface area is 429 Å². The van der Waals surface area contributed by atoms with Gasteiger partial charge in [-0.05, 0) is 57.8 Å². The molecule has 0 aromatic rings. The lowest BCUT2D eigenvalue weighted by molar-refractivity contribution is -0.167. The highest BCUT2D eigenvalue weighted by Crippen LogP contribution is 2.17. The molecular formula is C63H116O6. The molecule has 0 aromatic carbocycles. The van der Waals surface area contributed by atoms with Crippen LogP contribution in [0.1, 0.15) is 329 Å². The number of carbonyl (C=O) groups excluding carboxylic acids is 3. The third-order valence-corrected chi connectivity index (χ3v) is 13.6. The van der Waals surface area contributed by atoms with Gasteiger partial charge in [0.05, 0.1) is 0 Å². The van der Waals surface area contributed by atoms with E-state index in [4.69, 9.17) is 14.2 Å². The summed E-state index contributed by atoms with van der Waals surface area (Å²) in [6.07, 6.45) is 70.0. The molecular weight excluding hydrogens is 853 g/mol. The van der Waals surface area contributed by atoms with Crippen LogP contribution in [0.4, 0.5) is 0 Å². The second-order valence-corrected chi connectivity index (χ2v) is 20.6. The number of esters is 3. The monoisotopic (exact) mass is 969 g/mol. The van der Waals surface area contributed by atoms with Crippen molar-refractivity contribution in [3.63, 3.8) is 0 Å². The highest BCUT2D eigenvalue weighted by molar-refractivity contribution is 5.71. The Hall–Kier alpha value is -2.37. The lowest BCUT2D eigenvalue weighted by Crippen LogP contribution is -2.30. The van der Waals surface area contributed by atoms with Crippen LogP contribution in [0.15, 0.2) is 36.5 Å². The molecule has 0 N–H and O–H groups in total. The van der Waals surface area contributed by atoms with Gasteiger partial charge in [-0.3, -0.25) is 14.4 Å². The molecule has 0 aliphatic heterocycles. The number of allylic oxidation sites excluding steroid dienone is 6. The summed E-state index contributed by atoms with van der Waals surface area (Å²) < 4.78 is 16.9. The van der Waals surface area contributed by atoms with Crippen molar-refractivity contribution >= 4 is 17.9 Å². The van der Waals surface area contributed by atoms with E-state index in [1.807, 2.05) is 0 Å². The molecule has 0 fully saturated rings. The summed E-state index contributed by atoms with van der Waals surface area (Å²) in [6.45, 7) is 6.66. The van der Waals surface area contributed by atoms with Gasteiger partial charge >= 0.3 is 17.9 Å². The maximum absolute atomic E-state index is 12.9. The second-order valence-electron chi connectivity index (χ2n) is 20.6. The van der Waals surface area contributed by atoms with Gasteiger partial charge in [-0.1, -0.05) is 288 Å². The molecule has 0 heterocycles. The quantitative estimate of drug-likeness (QED) is 0.0261. The molecule has 404 valence electrons. The van der Waals surface area contributed by atoms with E-state index >= 15 is 0 Å². The van der Waals surface area contributed by atoms with Gasteiger partial charge < -0.3 is 14.2 Å². The predicted molar refractivity (Wildman–Crippen MR) is 298 cm³/mol. The average molecular weight is 970 g/mol. The van der Waals surface area contributed by atoms with Crippen LogP contribution in [0.5, 0.6) is 0 Å². The third kappa shape index (κ3) is 56.4. The fourth-order valence-electron chi connectivity index (χ4n) is 9.04. The minimum Gasteiger partial charge on any atom is -0.462 e. The van der Waals surface area contributed by atoms with Crippen molar-refractivity contribution in [2.45, 2.75) is 335 Å². The van der Waals surface area contributed by atoms with E-state index in [-0.39, 0.29) is 31.1 Å². The van der Waals surface area contributed by atoms with Crippen molar-refractivity contribution in [1.82, 2.24) is 0 Å². The largest absolute Gasteiger partial charge is 0.462 e. The summed E-state index contributed by atoms with van der Waals surface area (Å²) in [5.74, 6) is -0.858. The molecule has 0 radical (unpaired) electrons. The maximum atomic E-state index is 12.9. The molecule has 0 saturated carbocycles. The third-order valence-electron chi connectivity index (χ3n) is 13.6. The van der Waals surface area contributed by atoms with Gasteiger partial charge in [0.1, 0.15) is 13.2 Å². The van der Waals surface area contributed by atoms with Crippen molar-refractivity contribution in [3.05, 3.63) is 36.5 Å². The summed E-state index contributed by atoms with van der Waals surface area (Å²) in [5.41, 5.74) is 0. The van der Waals surface area contributed by atoms with Crippen LogP contribution in [0.25, 0.3) is 0 Å². The first-order valence-electron chi connectivity index (χ1n) is 30.5. The topological polar surface area (TPSA) is 78.9 Å². The van der Waals surface area contributed by atoms with Crippen molar-refractivity contribution in [1.29, 1.82) is 0 Å². The van der Waals surface area contributed by atoms with Gasteiger partial charge in [0.25, 0.3) is 0 Å². The van der Waals surface area contributed by atoms with Crippen molar-refractivity contribution < 1.29 is 28.6 Å². The van der Waals surface area contributed by atoms with Gasteiger partial charge in [0, 0.05) is 19.3 Å². The molecule has 0 saturated heterocycles. The molecule has 0 aliphatic carbocycles. The smallest absolute Gasteiger partial charge is 0.306 e. The van der Waals surface area contributed by atoms with Crippen LogP contribution in [0.3, 0.4) is 0 Å². The fourth-order valence-corrected chi connectivity index (χ4v) is 9.04. The van der Waals surface area contributed by atoms with Crippen LogP contribution in [-0.4, -0.2) is 37.2 Å². The summed E-state index contributed by atoms with van der Waals surface area (Å²) in [5, 5.41) is 0. The zero-order chi connectivity index (χ0) is 50.0. The van der Waals surface area contributed by atoms with Crippen molar-refractivity contribution in [2.75, 3.05) is 13.2 Å². The number of carbonyl (C=O) groups is 3. The van der Waals surface area contributed by atoms with Crippen LogP contribution in [-0.2, 0) is 28.6 Å². The molecule has 1 atom stereocenters. The first-order chi connectivity index (χ1) is 34.0. The molecule has 6 heteroatoms. The van der Waals surface area contributed by atoms with E-state index in [0.717, 1.165) is 77.0 Å². The summed E-state index contributed by atoms with van der Waals surface area (Å²) in [7, 11) is 0.